The van der Waals surface area contributed by atoms with Gasteiger partial charge >= 0.3 is 0 Å². The first-order valence-electron chi connectivity index (χ1n) is 14.0. The Labute approximate surface area is 236 Å². The highest BCUT2D eigenvalue weighted by atomic mass is 16.5. The Morgan fingerprint density at radius 1 is 1.00 bits per heavy atom. The average Bonchev–Trinajstić information content (AvgIpc) is 3.23. The van der Waals surface area contributed by atoms with Crippen molar-refractivity contribution in [1.82, 2.24) is 4.98 Å². The highest BCUT2D eigenvalue weighted by Gasteiger charge is 2.47. The Kier molecular flexibility index (Phi) is 7.66. The van der Waals surface area contributed by atoms with Gasteiger partial charge in [0.2, 0.25) is 0 Å². The summed E-state index contributed by atoms with van der Waals surface area (Å²) in [6.07, 6.45) is 6.86. The molecule has 0 radical (unpaired) electrons. The third-order valence-corrected chi connectivity index (χ3v) is 7.65. The minimum Gasteiger partial charge on any atom is -0.507 e. The van der Waals surface area contributed by atoms with Gasteiger partial charge in [0, 0.05) is 48.0 Å². The molecule has 2 fully saturated rings. The van der Waals surface area contributed by atoms with Gasteiger partial charge in [0.05, 0.1) is 18.2 Å². The van der Waals surface area contributed by atoms with Crippen molar-refractivity contribution in [2.75, 3.05) is 29.5 Å². The normalized spacial score (nSPS) is 19.2. The third kappa shape index (κ3) is 5.20. The summed E-state index contributed by atoms with van der Waals surface area (Å²) in [6, 6.07) is 15.9. The number of hydrogen-bond acceptors (Lipinski definition) is 6. The van der Waals surface area contributed by atoms with Crippen LogP contribution in [0.15, 0.2) is 72.6 Å². The summed E-state index contributed by atoms with van der Waals surface area (Å²) >= 11 is 0. The number of hydrogen-bond donors (Lipinski definition) is 1. The van der Waals surface area contributed by atoms with Crippen LogP contribution in [0.3, 0.4) is 0 Å². The molecule has 0 spiro atoms. The molecule has 5 rings (SSSR count). The summed E-state index contributed by atoms with van der Waals surface area (Å²) < 4.78 is 5.84. The fraction of sp³-hybridized carbons (Fsp3) is 0.364. The lowest BCUT2D eigenvalue weighted by atomic mass is 9.84. The molecule has 1 aromatic heterocycles. The number of anilines is 2. The summed E-state index contributed by atoms with van der Waals surface area (Å²) in [5.41, 5.74) is 3.47. The number of aliphatic hydroxyl groups is 1. The number of ether oxygens (including phenoxy) is 1. The molecule has 0 saturated carbocycles. The summed E-state index contributed by atoms with van der Waals surface area (Å²) in [5.74, 6) is -0.890. The number of carbonyl (C=O) groups is 2. The van der Waals surface area contributed by atoms with E-state index in [1.54, 1.807) is 24.5 Å². The van der Waals surface area contributed by atoms with E-state index < -0.39 is 17.7 Å². The van der Waals surface area contributed by atoms with Crippen molar-refractivity contribution in [3.63, 3.8) is 0 Å². The van der Waals surface area contributed by atoms with Crippen molar-refractivity contribution >= 4 is 28.8 Å². The summed E-state index contributed by atoms with van der Waals surface area (Å²) in [4.78, 5) is 35.2. The SMILES string of the molecule is CCOc1ccc(/C(O)=C2/C(=O)C(=O)N(c3ccc(N4CCCCC4)cc3)C2c2cccnc2)cc1C(C)(C)C. The fourth-order valence-electron chi connectivity index (χ4n) is 5.63. The van der Waals surface area contributed by atoms with Crippen LogP contribution in [-0.4, -0.2) is 41.5 Å². The van der Waals surface area contributed by atoms with E-state index in [0.29, 0.717) is 23.4 Å². The smallest absolute Gasteiger partial charge is 0.300 e. The zero-order valence-corrected chi connectivity index (χ0v) is 23.7. The first-order chi connectivity index (χ1) is 19.2. The zero-order valence-electron chi connectivity index (χ0n) is 23.7. The molecule has 2 aromatic carbocycles. The van der Waals surface area contributed by atoms with E-state index in [4.69, 9.17) is 4.74 Å². The maximum Gasteiger partial charge on any atom is 0.300 e. The molecule has 0 bridgehead atoms. The van der Waals surface area contributed by atoms with E-state index in [1.807, 2.05) is 49.4 Å². The first-order valence-corrected chi connectivity index (χ1v) is 14.0. The Bertz CT molecular complexity index is 1420. The van der Waals surface area contributed by atoms with Crippen molar-refractivity contribution in [1.29, 1.82) is 0 Å². The predicted molar refractivity (Wildman–Crippen MR) is 158 cm³/mol. The molecule has 208 valence electrons. The molecule has 40 heavy (non-hydrogen) atoms. The van der Waals surface area contributed by atoms with Crippen LogP contribution in [0.4, 0.5) is 11.4 Å². The van der Waals surface area contributed by atoms with Gasteiger partial charge in [-0.25, -0.2) is 0 Å². The van der Waals surface area contributed by atoms with E-state index in [0.717, 1.165) is 30.1 Å². The number of pyridine rings is 1. The molecule has 0 aliphatic carbocycles. The van der Waals surface area contributed by atoms with Crippen LogP contribution < -0.4 is 14.5 Å². The highest BCUT2D eigenvalue weighted by Crippen LogP contribution is 2.43. The second kappa shape index (κ2) is 11.2. The molecule has 7 nitrogen and oxygen atoms in total. The zero-order chi connectivity index (χ0) is 28.4. The number of aromatic nitrogens is 1. The number of rotatable bonds is 6. The van der Waals surface area contributed by atoms with Crippen molar-refractivity contribution in [3.05, 3.63) is 89.3 Å². The number of nitrogens with zero attached hydrogens (tertiary/aromatic N) is 3. The molecule has 3 aromatic rings. The Hall–Kier alpha value is -4.13. The maximum absolute atomic E-state index is 13.6. The topological polar surface area (TPSA) is 83.0 Å². The molecule has 2 aliphatic heterocycles. The second-order valence-corrected chi connectivity index (χ2v) is 11.4. The Balaban J connectivity index is 1.61. The van der Waals surface area contributed by atoms with Crippen LogP contribution in [0.2, 0.25) is 0 Å². The maximum atomic E-state index is 13.6. The minimum atomic E-state index is -0.820. The summed E-state index contributed by atoms with van der Waals surface area (Å²) in [7, 11) is 0. The van der Waals surface area contributed by atoms with E-state index in [2.05, 4.69) is 30.7 Å². The minimum absolute atomic E-state index is 0.0436. The van der Waals surface area contributed by atoms with Crippen molar-refractivity contribution in [2.45, 2.75) is 58.4 Å². The molecule has 1 N–H and O–H groups in total. The quantitative estimate of drug-likeness (QED) is 0.222. The standard InChI is InChI=1S/C33H37N3O4/c1-5-40-27-16-11-22(20-26(27)33(2,3)4)30(37)28-29(23-10-9-17-34-21-23)36(32(39)31(28)38)25-14-12-24(13-15-25)35-18-7-6-8-19-35/h9-17,20-21,29,37H,5-8,18-19H2,1-4H3/b30-28-. The molecule has 3 heterocycles. The number of amides is 1. The molecule has 1 unspecified atom stereocenters. The van der Waals surface area contributed by atoms with Crippen LogP contribution in [0.1, 0.15) is 69.7 Å². The van der Waals surface area contributed by atoms with Crippen molar-refractivity contribution in [3.8, 4) is 5.75 Å². The van der Waals surface area contributed by atoms with E-state index in [1.165, 1.54) is 24.2 Å². The predicted octanol–water partition coefficient (Wildman–Crippen LogP) is 6.39. The molecule has 2 saturated heterocycles. The number of benzene rings is 2. The van der Waals surface area contributed by atoms with Gasteiger partial charge in [0.1, 0.15) is 11.5 Å². The molecular formula is C33H37N3O4. The molecular weight excluding hydrogens is 502 g/mol. The second-order valence-electron chi connectivity index (χ2n) is 11.4. The largest absolute Gasteiger partial charge is 0.507 e. The number of aliphatic hydroxyl groups excluding tert-OH is 1. The molecule has 7 heteroatoms. The van der Waals surface area contributed by atoms with E-state index in [9.17, 15) is 14.7 Å². The van der Waals surface area contributed by atoms with Gasteiger partial charge in [-0.15, -0.1) is 0 Å². The Morgan fingerprint density at radius 2 is 1.70 bits per heavy atom. The van der Waals surface area contributed by atoms with Crippen LogP contribution in [0, 0.1) is 0 Å². The monoisotopic (exact) mass is 539 g/mol. The van der Waals surface area contributed by atoms with Crippen LogP contribution in [0.5, 0.6) is 5.75 Å². The lowest BCUT2D eigenvalue weighted by Gasteiger charge is -2.30. The van der Waals surface area contributed by atoms with Gasteiger partial charge in [-0.05, 0) is 85.7 Å². The summed E-state index contributed by atoms with van der Waals surface area (Å²) in [5, 5.41) is 11.6. The van der Waals surface area contributed by atoms with Gasteiger partial charge in [-0.2, -0.15) is 0 Å². The highest BCUT2D eigenvalue weighted by molar-refractivity contribution is 6.51. The van der Waals surface area contributed by atoms with E-state index >= 15 is 0 Å². The first kappa shape index (κ1) is 27.4. The van der Waals surface area contributed by atoms with Gasteiger partial charge in [0.25, 0.3) is 11.7 Å². The van der Waals surface area contributed by atoms with Gasteiger partial charge in [0.15, 0.2) is 0 Å². The summed E-state index contributed by atoms with van der Waals surface area (Å²) in [6.45, 7) is 10.7. The third-order valence-electron chi connectivity index (χ3n) is 7.65. The average molecular weight is 540 g/mol. The van der Waals surface area contributed by atoms with Crippen molar-refractivity contribution in [2.24, 2.45) is 0 Å². The number of piperidine rings is 1. The van der Waals surface area contributed by atoms with Crippen LogP contribution in [0.25, 0.3) is 5.76 Å². The van der Waals surface area contributed by atoms with Gasteiger partial charge in [-0.1, -0.05) is 26.8 Å². The lowest BCUT2D eigenvalue weighted by Crippen LogP contribution is -2.30. The number of Topliss-reactive ketones (excluding diaryl/α,β-unsaturated/α-hetero) is 1. The van der Waals surface area contributed by atoms with Crippen molar-refractivity contribution < 1.29 is 19.4 Å². The lowest BCUT2D eigenvalue weighted by molar-refractivity contribution is -0.132. The molecule has 2 aliphatic rings. The van der Waals surface area contributed by atoms with Crippen LogP contribution in [-0.2, 0) is 15.0 Å². The van der Waals surface area contributed by atoms with E-state index in [-0.39, 0.29) is 16.7 Å². The Morgan fingerprint density at radius 3 is 2.33 bits per heavy atom. The number of carbonyl (C=O) groups excluding carboxylic acids is 2. The number of ketones is 1. The molecule has 1 amide bonds. The van der Waals surface area contributed by atoms with Gasteiger partial charge in [-0.3, -0.25) is 19.5 Å². The van der Waals surface area contributed by atoms with Gasteiger partial charge < -0.3 is 14.7 Å². The van der Waals surface area contributed by atoms with Crippen LogP contribution >= 0.6 is 0 Å². The molecule has 1 atom stereocenters. The fourth-order valence-corrected chi connectivity index (χ4v) is 5.63.